The number of aromatic nitrogens is 1. The summed E-state index contributed by atoms with van der Waals surface area (Å²) in [6.45, 7) is 3.05. The summed E-state index contributed by atoms with van der Waals surface area (Å²) in [6.07, 6.45) is 3.55. The summed E-state index contributed by atoms with van der Waals surface area (Å²) in [5.41, 5.74) is 4.54. The fourth-order valence-corrected chi connectivity index (χ4v) is 3.42. The average molecular weight is 418 g/mol. The minimum Gasteiger partial charge on any atom is -0.478 e. The van der Waals surface area contributed by atoms with E-state index in [4.69, 9.17) is 0 Å². The molecule has 2 aromatic carbocycles. The van der Waals surface area contributed by atoms with E-state index in [1.54, 1.807) is 6.07 Å². The van der Waals surface area contributed by atoms with E-state index in [0.717, 1.165) is 24.0 Å². The number of rotatable bonds is 7. The van der Waals surface area contributed by atoms with Crippen LogP contribution >= 0.6 is 0 Å². The smallest absolute Gasteiger partial charge is 0.335 e. The molecule has 0 aliphatic rings. The second-order valence-corrected chi connectivity index (χ2v) is 7.64. The van der Waals surface area contributed by atoms with Crippen LogP contribution in [-0.2, 0) is 12.8 Å². The third-order valence-electron chi connectivity index (χ3n) is 5.14. The van der Waals surface area contributed by atoms with Gasteiger partial charge in [-0.15, -0.1) is 0 Å². The van der Waals surface area contributed by atoms with E-state index >= 15 is 0 Å². The molecule has 6 heteroatoms. The van der Waals surface area contributed by atoms with Gasteiger partial charge in [0.05, 0.1) is 12.1 Å². The summed E-state index contributed by atoms with van der Waals surface area (Å²) in [6, 6.07) is 10.7. The Morgan fingerprint density at radius 3 is 2.65 bits per heavy atom. The molecular formula is C25H27N3O3. The van der Waals surface area contributed by atoms with E-state index in [9.17, 15) is 14.7 Å². The van der Waals surface area contributed by atoms with Gasteiger partial charge in [0.1, 0.15) is 0 Å². The van der Waals surface area contributed by atoms with Gasteiger partial charge >= 0.3 is 5.97 Å². The first-order valence-electron chi connectivity index (χ1n) is 10.3. The predicted octanol–water partition coefficient (Wildman–Crippen LogP) is 3.31. The number of fused-ring (bicyclic) bond motifs is 1. The van der Waals surface area contributed by atoms with Crippen molar-refractivity contribution in [3.63, 3.8) is 0 Å². The highest BCUT2D eigenvalue weighted by Gasteiger charge is 2.12. The van der Waals surface area contributed by atoms with E-state index in [2.05, 4.69) is 47.2 Å². The molecule has 0 aliphatic heterocycles. The molecule has 1 aromatic heterocycles. The number of hydrogen-bond acceptors (Lipinski definition) is 3. The molecule has 3 N–H and O–H groups in total. The zero-order valence-electron chi connectivity index (χ0n) is 18.1. The number of H-pyrrole nitrogens is 1. The van der Waals surface area contributed by atoms with Crippen molar-refractivity contribution in [3.8, 4) is 11.8 Å². The standard InChI is InChI=1S/C25H27N3O3/c1-4-18-15-19(8-9-21(18)25(30)31)24(29)26-12-5-6-17-7-10-23-22(14-17)20(16-27-23)11-13-28(2)3/h7-10,14-16,27H,4,11-13H2,1-3H3,(H,26,29)(H,30,31). The molecule has 0 radical (unpaired) electrons. The normalized spacial score (nSPS) is 10.7. The average Bonchev–Trinajstić information content (AvgIpc) is 3.16. The summed E-state index contributed by atoms with van der Waals surface area (Å²) in [5, 5.41) is 13.2. The van der Waals surface area contributed by atoms with Gasteiger partial charge in [-0.25, -0.2) is 4.79 Å². The SMILES string of the molecule is CCc1cc(C(=O)NCC#Cc2ccc3[nH]cc(CCN(C)C)c3c2)ccc1C(=O)O. The minimum atomic E-state index is -0.987. The van der Waals surface area contributed by atoms with Crippen LogP contribution in [0.3, 0.4) is 0 Å². The first-order valence-corrected chi connectivity index (χ1v) is 10.3. The van der Waals surface area contributed by atoms with E-state index in [-0.39, 0.29) is 18.0 Å². The lowest BCUT2D eigenvalue weighted by Gasteiger charge is -2.08. The van der Waals surface area contributed by atoms with E-state index in [0.29, 0.717) is 17.5 Å². The number of hydrogen-bond donors (Lipinski definition) is 3. The van der Waals surface area contributed by atoms with Crippen molar-refractivity contribution in [1.29, 1.82) is 0 Å². The molecule has 0 bridgehead atoms. The van der Waals surface area contributed by atoms with Crippen molar-refractivity contribution in [2.75, 3.05) is 27.2 Å². The fraction of sp³-hybridized carbons (Fsp3) is 0.280. The maximum Gasteiger partial charge on any atom is 0.335 e. The Bertz CT molecular complexity index is 1170. The Hall–Kier alpha value is -3.56. The summed E-state index contributed by atoms with van der Waals surface area (Å²) < 4.78 is 0. The number of nitrogens with one attached hydrogen (secondary N) is 2. The van der Waals surface area contributed by atoms with Crippen LogP contribution in [-0.4, -0.2) is 54.1 Å². The Balaban J connectivity index is 1.65. The molecule has 0 spiro atoms. The van der Waals surface area contributed by atoms with Crippen LogP contribution in [0.25, 0.3) is 10.9 Å². The van der Waals surface area contributed by atoms with Crippen LogP contribution in [0.4, 0.5) is 0 Å². The second-order valence-electron chi connectivity index (χ2n) is 7.64. The molecule has 160 valence electrons. The van der Waals surface area contributed by atoms with Crippen LogP contribution in [0, 0.1) is 11.8 Å². The quantitative estimate of drug-likeness (QED) is 0.515. The van der Waals surface area contributed by atoms with Crippen LogP contribution in [0.2, 0.25) is 0 Å². The van der Waals surface area contributed by atoms with Crippen LogP contribution in [0.1, 0.15) is 44.3 Å². The van der Waals surface area contributed by atoms with Crippen molar-refractivity contribution in [3.05, 3.63) is 70.4 Å². The highest BCUT2D eigenvalue weighted by atomic mass is 16.4. The van der Waals surface area contributed by atoms with Crippen LogP contribution < -0.4 is 5.32 Å². The molecule has 6 nitrogen and oxygen atoms in total. The number of benzene rings is 2. The maximum absolute atomic E-state index is 12.4. The van der Waals surface area contributed by atoms with Crippen molar-refractivity contribution >= 4 is 22.8 Å². The highest BCUT2D eigenvalue weighted by Crippen LogP contribution is 2.20. The van der Waals surface area contributed by atoms with Crippen LogP contribution in [0.15, 0.2) is 42.6 Å². The Kier molecular flexibility index (Phi) is 7.11. The number of aryl methyl sites for hydroxylation is 1. The lowest BCUT2D eigenvalue weighted by molar-refractivity contribution is 0.0695. The molecule has 0 saturated heterocycles. The Labute approximate surface area is 182 Å². The summed E-state index contributed by atoms with van der Waals surface area (Å²) >= 11 is 0. The number of carboxylic acid groups (broad SMARTS) is 1. The third-order valence-corrected chi connectivity index (χ3v) is 5.14. The number of aromatic amines is 1. The Morgan fingerprint density at radius 2 is 1.94 bits per heavy atom. The maximum atomic E-state index is 12.4. The summed E-state index contributed by atoms with van der Waals surface area (Å²) in [4.78, 5) is 29.1. The van der Waals surface area contributed by atoms with Gasteiger partial charge in [0.25, 0.3) is 5.91 Å². The van der Waals surface area contributed by atoms with Gasteiger partial charge in [0, 0.05) is 34.8 Å². The monoisotopic (exact) mass is 417 g/mol. The number of carbonyl (C=O) groups is 2. The van der Waals surface area contributed by atoms with Gasteiger partial charge in [-0.2, -0.15) is 0 Å². The molecule has 1 heterocycles. The zero-order valence-corrected chi connectivity index (χ0v) is 18.1. The summed E-state index contributed by atoms with van der Waals surface area (Å²) in [7, 11) is 4.12. The first kappa shape index (κ1) is 22.1. The van der Waals surface area contributed by atoms with Crippen molar-refractivity contribution < 1.29 is 14.7 Å². The molecule has 0 atom stereocenters. The van der Waals surface area contributed by atoms with E-state index in [1.807, 2.05) is 25.3 Å². The molecule has 0 unspecified atom stereocenters. The highest BCUT2D eigenvalue weighted by molar-refractivity contribution is 5.97. The van der Waals surface area contributed by atoms with Gasteiger partial charge in [-0.05, 0) is 74.5 Å². The van der Waals surface area contributed by atoms with E-state index in [1.165, 1.54) is 23.1 Å². The number of carboxylic acids is 1. The molecule has 3 aromatic rings. The van der Waals surface area contributed by atoms with Gasteiger partial charge in [-0.3, -0.25) is 4.79 Å². The lowest BCUT2D eigenvalue weighted by Crippen LogP contribution is -2.24. The number of carbonyl (C=O) groups excluding carboxylic acids is 1. The summed E-state index contributed by atoms with van der Waals surface area (Å²) in [5.74, 6) is 4.84. The zero-order chi connectivity index (χ0) is 22.4. The van der Waals surface area contributed by atoms with Crippen LogP contribution in [0.5, 0.6) is 0 Å². The number of amides is 1. The number of aromatic carboxylic acids is 1. The molecule has 0 fully saturated rings. The van der Waals surface area contributed by atoms with Crippen molar-refractivity contribution in [1.82, 2.24) is 15.2 Å². The number of likely N-dealkylation sites (N-methyl/N-ethyl adjacent to an activating group) is 1. The largest absolute Gasteiger partial charge is 0.478 e. The predicted molar refractivity (Wildman–Crippen MR) is 123 cm³/mol. The number of nitrogens with zero attached hydrogens (tertiary/aromatic N) is 1. The fourth-order valence-electron chi connectivity index (χ4n) is 3.42. The molecule has 0 saturated carbocycles. The Morgan fingerprint density at radius 1 is 1.13 bits per heavy atom. The third kappa shape index (κ3) is 5.53. The van der Waals surface area contributed by atoms with Gasteiger partial charge in [0.15, 0.2) is 0 Å². The molecule has 0 aliphatic carbocycles. The van der Waals surface area contributed by atoms with Gasteiger partial charge in [0.2, 0.25) is 0 Å². The molecule has 31 heavy (non-hydrogen) atoms. The minimum absolute atomic E-state index is 0.208. The van der Waals surface area contributed by atoms with Crippen molar-refractivity contribution in [2.24, 2.45) is 0 Å². The van der Waals surface area contributed by atoms with Gasteiger partial charge in [-0.1, -0.05) is 18.8 Å². The van der Waals surface area contributed by atoms with Crippen molar-refractivity contribution in [2.45, 2.75) is 19.8 Å². The molecular weight excluding hydrogens is 390 g/mol. The lowest BCUT2D eigenvalue weighted by atomic mass is 10.0. The van der Waals surface area contributed by atoms with E-state index < -0.39 is 5.97 Å². The molecule has 1 amide bonds. The topological polar surface area (TPSA) is 85.4 Å². The molecule has 3 rings (SSSR count). The second kappa shape index (κ2) is 9.96. The first-order chi connectivity index (χ1) is 14.9. The van der Waals surface area contributed by atoms with Gasteiger partial charge < -0.3 is 20.3 Å².